The Bertz CT molecular complexity index is 506. The van der Waals surface area contributed by atoms with Crippen LogP contribution in [0.4, 0.5) is 4.79 Å². The van der Waals surface area contributed by atoms with Crippen molar-refractivity contribution in [2.45, 2.75) is 32.4 Å². The van der Waals surface area contributed by atoms with E-state index < -0.39 is 23.6 Å². The minimum atomic E-state index is -1.10. The molecule has 0 aliphatic rings. The lowest BCUT2D eigenvalue weighted by molar-refractivity contribution is -0.139. The van der Waals surface area contributed by atoms with Gasteiger partial charge in [0.2, 0.25) is 0 Å². The summed E-state index contributed by atoms with van der Waals surface area (Å²) in [6, 6.07) is 7.11. The molecule has 0 aromatic heterocycles. The molecular weight excluding hydrogens is 268 g/mol. The van der Waals surface area contributed by atoms with E-state index in [0.29, 0.717) is 12.1 Å². The lowest BCUT2D eigenvalue weighted by Gasteiger charge is -2.35. The molecule has 1 atom stereocenters. The fourth-order valence-electron chi connectivity index (χ4n) is 1.93. The number of hydrogen-bond acceptors (Lipinski definition) is 2. The van der Waals surface area contributed by atoms with Gasteiger partial charge in [-0.3, -0.25) is 0 Å². The average Bonchev–Trinajstić information content (AvgIpc) is 2.41. The van der Waals surface area contributed by atoms with Crippen LogP contribution in [-0.2, 0) is 4.79 Å². The second kappa shape index (κ2) is 6.92. The summed E-state index contributed by atoms with van der Waals surface area (Å²) >= 11 is 0. The first kappa shape index (κ1) is 16.8. The number of carbonyl (C=O) groups excluding carboxylic acids is 1. The van der Waals surface area contributed by atoms with E-state index >= 15 is 0 Å². The molecule has 0 radical (unpaired) electrons. The predicted molar refractivity (Wildman–Crippen MR) is 82.0 cm³/mol. The van der Waals surface area contributed by atoms with Gasteiger partial charge in [0.15, 0.2) is 6.04 Å². The Balaban J connectivity index is 2.96. The molecule has 0 saturated carbocycles. The van der Waals surface area contributed by atoms with Gasteiger partial charge in [0.25, 0.3) is 0 Å². The normalized spacial score (nSPS) is 12.3. The number of carboxylic acids is 1. The molecule has 1 rings (SSSR count). The molecule has 0 fully saturated rings. The van der Waals surface area contributed by atoms with Gasteiger partial charge in [-0.15, -0.1) is 6.58 Å². The highest BCUT2D eigenvalue weighted by atomic mass is 16.4. The first-order valence-corrected chi connectivity index (χ1v) is 6.74. The number of amides is 2. The van der Waals surface area contributed by atoms with Crippen LogP contribution in [0.2, 0.25) is 0 Å². The Kier molecular flexibility index (Phi) is 5.52. The molecule has 0 aliphatic carbocycles. The van der Waals surface area contributed by atoms with E-state index in [2.05, 4.69) is 11.9 Å². The van der Waals surface area contributed by atoms with E-state index in [1.54, 1.807) is 41.3 Å². The topological polar surface area (TPSA) is 69.6 Å². The second-order valence-electron chi connectivity index (χ2n) is 5.70. The fraction of sp³-hybridized carbons (Fsp3) is 0.375. The largest absolute Gasteiger partial charge is 0.479 e. The molecule has 0 heterocycles. The lowest BCUT2D eigenvalue weighted by Crippen LogP contribution is -2.52. The third kappa shape index (κ3) is 4.63. The zero-order chi connectivity index (χ0) is 16.0. The summed E-state index contributed by atoms with van der Waals surface area (Å²) in [4.78, 5) is 25.3. The molecule has 2 N–H and O–H groups in total. The van der Waals surface area contributed by atoms with Crippen molar-refractivity contribution < 1.29 is 14.7 Å². The van der Waals surface area contributed by atoms with E-state index in [9.17, 15) is 14.7 Å². The molecule has 5 heteroatoms. The van der Waals surface area contributed by atoms with Gasteiger partial charge in [0.1, 0.15) is 0 Å². The maximum absolute atomic E-state index is 12.4. The van der Waals surface area contributed by atoms with Crippen molar-refractivity contribution in [3.05, 3.63) is 48.6 Å². The van der Waals surface area contributed by atoms with Gasteiger partial charge in [0.05, 0.1) is 0 Å². The fourth-order valence-corrected chi connectivity index (χ4v) is 1.93. The molecule has 21 heavy (non-hydrogen) atoms. The molecule has 1 aromatic rings. The molecular formula is C16H22N2O3. The molecule has 0 spiro atoms. The van der Waals surface area contributed by atoms with Crippen LogP contribution in [0.3, 0.4) is 0 Å². The highest BCUT2D eigenvalue weighted by Gasteiger charge is 2.29. The predicted octanol–water partition coefficient (Wildman–Crippen LogP) is 2.81. The summed E-state index contributed by atoms with van der Waals surface area (Å²) < 4.78 is 0. The molecule has 1 aromatic carbocycles. The molecule has 5 nitrogen and oxygen atoms in total. The van der Waals surface area contributed by atoms with E-state index in [-0.39, 0.29) is 0 Å². The van der Waals surface area contributed by atoms with Gasteiger partial charge in [0, 0.05) is 12.1 Å². The van der Waals surface area contributed by atoms with Crippen molar-refractivity contribution in [1.29, 1.82) is 0 Å². The van der Waals surface area contributed by atoms with Crippen molar-refractivity contribution in [3.8, 4) is 0 Å². The molecule has 0 aliphatic heterocycles. The van der Waals surface area contributed by atoms with Crippen LogP contribution in [-0.4, -0.2) is 34.1 Å². The number of benzene rings is 1. The summed E-state index contributed by atoms with van der Waals surface area (Å²) in [7, 11) is 0. The highest BCUT2D eigenvalue weighted by molar-refractivity contribution is 5.84. The van der Waals surface area contributed by atoms with Crippen LogP contribution < -0.4 is 5.32 Å². The van der Waals surface area contributed by atoms with Gasteiger partial charge < -0.3 is 15.3 Å². The number of nitrogens with zero attached hydrogens (tertiary/aromatic N) is 1. The Morgan fingerprint density at radius 2 is 1.90 bits per heavy atom. The van der Waals surface area contributed by atoms with E-state index in [1.165, 1.54) is 0 Å². The summed E-state index contributed by atoms with van der Waals surface area (Å²) in [5.41, 5.74) is 0.101. The second-order valence-corrected chi connectivity index (χ2v) is 5.70. The van der Waals surface area contributed by atoms with Crippen molar-refractivity contribution in [2.75, 3.05) is 6.54 Å². The molecule has 2 amide bonds. The third-order valence-corrected chi connectivity index (χ3v) is 3.01. The molecule has 0 saturated heterocycles. The average molecular weight is 290 g/mol. The van der Waals surface area contributed by atoms with Crippen LogP contribution in [0.15, 0.2) is 43.0 Å². The highest BCUT2D eigenvalue weighted by Crippen LogP contribution is 2.17. The van der Waals surface area contributed by atoms with Gasteiger partial charge in [-0.1, -0.05) is 36.4 Å². The first-order valence-electron chi connectivity index (χ1n) is 6.74. The van der Waals surface area contributed by atoms with Crippen LogP contribution >= 0.6 is 0 Å². The number of carboxylic acid groups (broad SMARTS) is 1. The number of nitrogens with one attached hydrogen (secondary N) is 1. The summed E-state index contributed by atoms with van der Waals surface area (Å²) in [5, 5.41) is 11.9. The van der Waals surface area contributed by atoms with E-state index in [4.69, 9.17) is 0 Å². The van der Waals surface area contributed by atoms with Crippen molar-refractivity contribution in [2.24, 2.45) is 0 Å². The number of rotatable bonds is 5. The maximum Gasteiger partial charge on any atom is 0.330 e. The molecule has 0 unspecified atom stereocenters. The molecule has 0 bridgehead atoms. The minimum absolute atomic E-state index is 0.344. The van der Waals surface area contributed by atoms with Crippen molar-refractivity contribution >= 4 is 12.0 Å². The number of aliphatic carboxylic acids is 1. The Hall–Kier alpha value is -2.30. The lowest BCUT2D eigenvalue weighted by atomic mass is 10.1. The van der Waals surface area contributed by atoms with Crippen LogP contribution in [0.1, 0.15) is 32.4 Å². The van der Waals surface area contributed by atoms with Gasteiger partial charge >= 0.3 is 12.0 Å². The SMILES string of the molecule is C=CCN(C(=O)N[C@H](C(=O)O)c1ccccc1)C(C)(C)C. The Labute approximate surface area is 125 Å². The number of urea groups is 1. The maximum atomic E-state index is 12.4. The van der Waals surface area contributed by atoms with Crippen LogP contribution in [0.5, 0.6) is 0 Å². The number of hydrogen-bond donors (Lipinski definition) is 2. The summed E-state index contributed by atoms with van der Waals surface area (Å²) in [5.74, 6) is -1.10. The standard InChI is InChI=1S/C16H22N2O3/c1-5-11-18(16(2,3)4)15(21)17-13(14(19)20)12-9-7-6-8-10-12/h5-10,13H,1,11H2,2-4H3,(H,17,21)(H,19,20)/t13-/m0/s1. The first-order chi connectivity index (χ1) is 9.77. The van der Waals surface area contributed by atoms with Crippen LogP contribution in [0, 0.1) is 0 Å². The van der Waals surface area contributed by atoms with Gasteiger partial charge in [-0.25, -0.2) is 9.59 Å². The quantitative estimate of drug-likeness (QED) is 0.819. The van der Waals surface area contributed by atoms with Crippen LogP contribution in [0.25, 0.3) is 0 Å². The zero-order valence-corrected chi connectivity index (χ0v) is 12.7. The minimum Gasteiger partial charge on any atom is -0.479 e. The van der Waals surface area contributed by atoms with Crippen molar-refractivity contribution in [1.82, 2.24) is 10.2 Å². The Morgan fingerprint density at radius 1 is 1.33 bits per heavy atom. The zero-order valence-electron chi connectivity index (χ0n) is 12.7. The summed E-state index contributed by atoms with van der Waals surface area (Å²) in [6.45, 7) is 9.62. The van der Waals surface area contributed by atoms with Gasteiger partial charge in [-0.2, -0.15) is 0 Å². The molecule has 114 valence electrons. The Morgan fingerprint density at radius 3 is 2.33 bits per heavy atom. The van der Waals surface area contributed by atoms with E-state index in [0.717, 1.165) is 0 Å². The van der Waals surface area contributed by atoms with Crippen molar-refractivity contribution in [3.63, 3.8) is 0 Å². The smallest absolute Gasteiger partial charge is 0.330 e. The number of carbonyl (C=O) groups is 2. The monoisotopic (exact) mass is 290 g/mol. The van der Waals surface area contributed by atoms with Gasteiger partial charge in [-0.05, 0) is 26.3 Å². The van der Waals surface area contributed by atoms with E-state index in [1.807, 2.05) is 20.8 Å². The third-order valence-electron chi connectivity index (χ3n) is 3.01. The summed E-state index contributed by atoms with van der Waals surface area (Å²) in [6.07, 6.45) is 1.61.